The minimum Gasteiger partial charge on any atom is -0.467 e. The number of furan rings is 1. The number of rotatable bonds is 8. The van der Waals surface area contributed by atoms with Crippen molar-refractivity contribution in [1.29, 1.82) is 0 Å². The Morgan fingerprint density at radius 3 is 2.70 bits per heavy atom. The number of benzene rings is 1. The third-order valence-electron chi connectivity index (χ3n) is 4.89. The second-order valence-electron chi connectivity index (χ2n) is 7.33. The Kier molecular flexibility index (Phi) is 7.23. The SMILES string of the molecule is O=C(NCc1ccco1)c1cccc(CSc2nnc(N3CCOCC3)n2CC(F)(F)F)c1. The zero-order valence-corrected chi connectivity index (χ0v) is 18.4. The molecule has 0 spiro atoms. The molecule has 3 aromatic rings. The molecule has 0 bridgehead atoms. The van der Waals surface area contributed by atoms with E-state index in [2.05, 4.69) is 15.5 Å². The highest BCUT2D eigenvalue weighted by atomic mass is 32.2. The number of aromatic nitrogens is 3. The molecule has 8 nitrogen and oxygen atoms in total. The maximum absolute atomic E-state index is 13.2. The number of alkyl halides is 3. The van der Waals surface area contributed by atoms with Crippen LogP contribution in [0.15, 0.2) is 52.2 Å². The van der Waals surface area contributed by atoms with Gasteiger partial charge >= 0.3 is 6.18 Å². The summed E-state index contributed by atoms with van der Waals surface area (Å²) in [6.45, 7) is 0.845. The molecule has 0 atom stereocenters. The Balaban J connectivity index is 1.44. The van der Waals surface area contributed by atoms with Gasteiger partial charge in [-0.05, 0) is 29.8 Å². The summed E-state index contributed by atoms with van der Waals surface area (Å²) >= 11 is 1.14. The van der Waals surface area contributed by atoms with Gasteiger partial charge in [-0.3, -0.25) is 9.36 Å². The molecule has 1 aliphatic rings. The van der Waals surface area contributed by atoms with Crippen LogP contribution in [0.3, 0.4) is 0 Å². The maximum Gasteiger partial charge on any atom is 0.406 e. The van der Waals surface area contributed by atoms with Crippen molar-refractivity contribution in [2.24, 2.45) is 0 Å². The van der Waals surface area contributed by atoms with Crippen LogP contribution >= 0.6 is 11.8 Å². The van der Waals surface area contributed by atoms with E-state index >= 15 is 0 Å². The van der Waals surface area contributed by atoms with Gasteiger partial charge in [-0.2, -0.15) is 13.2 Å². The number of morpholine rings is 1. The predicted molar refractivity (Wildman–Crippen MR) is 115 cm³/mol. The molecule has 176 valence electrons. The Bertz CT molecular complexity index is 1070. The predicted octanol–water partition coefficient (Wildman–Crippen LogP) is 3.49. The number of thioether (sulfide) groups is 1. The number of nitrogens with one attached hydrogen (secondary N) is 1. The molecule has 2 aromatic heterocycles. The number of carbonyl (C=O) groups excluding carboxylic acids is 1. The Hall–Kier alpha value is -2.99. The van der Waals surface area contributed by atoms with E-state index in [-0.39, 0.29) is 23.6 Å². The Morgan fingerprint density at radius 2 is 1.97 bits per heavy atom. The van der Waals surface area contributed by atoms with Crippen LogP contribution < -0.4 is 10.2 Å². The number of hydrogen-bond donors (Lipinski definition) is 1. The van der Waals surface area contributed by atoms with Gasteiger partial charge in [-0.1, -0.05) is 23.9 Å². The number of nitrogens with zero attached hydrogens (tertiary/aromatic N) is 4. The van der Waals surface area contributed by atoms with E-state index in [1.165, 1.54) is 6.26 Å². The van der Waals surface area contributed by atoms with E-state index in [1.807, 2.05) is 6.07 Å². The van der Waals surface area contributed by atoms with Gasteiger partial charge in [-0.25, -0.2) is 0 Å². The number of carbonyl (C=O) groups is 1. The number of ether oxygens (including phenoxy) is 1. The largest absolute Gasteiger partial charge is 0.467 e. The fourth-order valence-corrected chi connectivity index (χ4v) is 4.21. The molecule has 0 aliphatic carbocycles. The first kappa shape index (κ1) is 23.2. The van der Waals surface area contributed by atoms with Gasteiger partial charge in [0.25, 0.3) is 5.91 Å². The molecule has 1 N–H and O–H groups in total. The van der Waals surface area contributed by atoms with Crippen LogP contribution in [0.1, 0.15) is 21.7 Å². The number of anilines is 1. The van der Waals surface area contributed by atoms with E-state index in [9.17, 15) is 18.0 Å². The molecule has 1 fully saturated rings. The fourth-order valence-electron chi connectivity index (χ4n) is 3.34. The monoisotopic (exact) mass is 481 g/mol. The Morgan fingerprint density at radius 1 is 1.15 bits per heavy atom. The first-order chi connectivity index (χ1) is 15.9. The topological polar surface area (TPSA) is 85.4 Å². The number of amides is 1. The highest BCUT2D eigenvalue weighted by Crippen LogP contribution is 2.29. The average molecular weight is 482 g/mol. The second kappa shape index (κ2) is 10.3. The van der Waals surface area contributed by atoms with Gasteiger partial charge in [0.15, 0.2) is 5.16 Å². The van der Waals surface area contributed by atoms with Crippen molar-refractivity contribution in [3.8, 4) is 0 Å². The molecule has 1 amide bonds. The molecule has 1 aromatic carbocycles. The normalized spacial score (nSPS) is 14.5. The lowest BCUT2D eigenvalue weighted by atomic mass is 10.1. The molecule has 3 heterocycles. The van der Waals surface area contributed by atoms with Crippen molar-refractivity contribution < 1.29 is 27.1 Å². The van der Waals surface area contributed by atoms with Gasteiger partial charge in [-0.15, -0.1) is 10.2 Å². The molecule has 1 saturated heterocycles. The molecule has 1 aliphatic heterocycles. The lowest BCUT2D eigenvalue weighted by molar-refractivity contribution is -0.141. The summed E-state index contributed by atoms with van der Waals surface area (Å²) < 4.78 is 51.3. The third kappa shape index (κ3) is 6.29. The first-order valence-electron chi connectivity index (χ1n) is 10.2. The van der Waals surface area contributed by atoms with Gasteiger partial charge in [0, 0.05) is 24.4 Å². The number of halogens is 3. The highest BCUT2D eigenvalue weighted by Gasteiger charge is 2.32. The van der Waals surface area contributed by atoms with Crippen LogP contribution in [0, 0.1) is 0 Å². The molecule has 0 unspecified atom stereocenters. The van der Waals surface area contributed by atoms with Crippen molar-refractivity contribution in [1.82, 2.24) is 20.1 Å². The second-order valence-corrected chi connectivity index (χ2v) is 8.28. The van der Waals surface area contributed by atoms with E-state index < -0.39 is 12.7 Å². The molecule has 0 saturated carbocycles. The van der Waals surface area contributed by atoms with Crippen LogP contribution in [-0.2, 0) is 23.6 Å². The van der Waals surface area contributed by atoms with Crippen molar-refractivity contribution in [3.63, 3.8) is 0 Å². The summed E-state index contributed by atoms with van der Waals surface area (Å²) in [5.74, 6) is 0.880. The van der Waals surface area contributed by atoms with Crippen molar-refractivity contribution in [3.05, 3.63) is 59.5 Å². The molecule has 4 rings (SSSR count). The minimum atomic E-state index is -4.41. The minimum absolute atomic E-state index is 0.168. The molecular weight excluding hydrogens is 459 g/mol. The summed E-state index contributed by atoms with van der Waals surface area (Å²) in [7, 11) is 0. The summed E-state index contributed by atoms with van der Waals surface area (Å²) in [5, 5.41) is 11.0. The smallest absolute Gasteiger partial charge is 0.406 e. The van der Waals surface area contributed by atoms with Crippen LogP contribution in [-0.4, -0.2) is 53.2 Å². The summed E-state index contributed by atoms with van der Waals surface area (Å²) in [6, 6.07) is 10.4. The van der Waals surface area contributed by atoms with Crippen molar-refractivity contribution >= 4 is 23.6 Å². The standard InChI is InChI=1S/C21H22F3N5O3S/c22-21(23,24)14-29-19(28-6-9-31-10-7-28)26-27-20(29)33-13-15-3-1-4-16(11-15)18(30)25-12-17-5-2-8-32-17/h1-5,8,11H,6-7,9-10,12-14H2,(H,25,30). The lowest BCUT2D eigenvalue weighted by Crippen LogP contribution is -2.38. The van der Waals surface area contributed by atoms with Gasteiger partial charge in [0.2, 0.25) is 5.95 Å². The zero-order valence-electron chi connectivity index (χ0n) is 17.5. The summed E-state index contributed by atoms with van der Waals surface area (Å²) in [6.07, 6.45) is -2.88. The van der Waals surface area contributed by atoms with Crippen LogP contribution in [0.5, 0.6) is 0 Å². The summed E-state index contributed by atoms with van der Waals surface area (Å²) in [4.78, 5) is 14.2. The van der Waals surface area contributed by atoms with E-state index in [4.69, 9.17) is 9.15 Å². The van der Waals surface area contributed by atoms with Gasteiger partial charge in [0.1, 0.15) is 12.3 Å². The first-order valence-corrected chi connectivity index (χ1v) is 11.2. The molecule has 33 heavy (non-hydrogen) atoms. The third-order valence-corrected chi connectivity index (χ3v) is 5.93. The van der Waals surface area contributed by atoms with E-state index in [0.29, 0.717) is 43.4 Å². The van der Waals surface area contributed by atoms with Gasteiger partial charge in [0.05, 0.1) is 26.0 Å². The Labute approximate surface area is 192 Å². The van der Waals surface area contributed by atoms with Crippen LogP contribution in [0.4, 0.5) is 19.1 Å². The van der Waals surface area contributed by atoms with E-state index in [0.717, 1.165) is 21.9 Å². The van der Waals surface area contributed by atoms with Crippen molar-refractivity contribution in [2.45, 2.75) is 30.2 Å². The average Bonchev–Trinajstić information content (AvgIpc) is 3.46. The quantitative estimate of drug-likeness (QED) is 0.493. The number of hydrogen-bond acceptors (Lipinski definition) is 7. The molecule has 12 heteroatoms. The van der Waals surface area contributed by atoms with Crippen molar-refractivity contribution in [2.75, 3.05) is 31.2 Å². The van der Waals surface area contributed by atoms with Gasteiger partial charge < -0.3 is 19.4 Å². The fraction of sp³-hybridized carbons (Fsp3) is 0.381. The molecule has 0 radical (unpaired) electrons. The highest BCUT2D eigenvalue weighted by molar-refractivity contribution is 7.98. The van der Waals surface area contributed by atoms with Crippen LogP contribution in [0.2, 0.25) is 0 Å². The maximum atomic E-state index is 13.2. The zero-order chi connectivity index (χ0) is 23.3. The van der Waals surface area contributed by atoms with E-state index in [1.54, 1.807) is 35.2 Å². The lowest BCUT2D eigenvalue weighted by Gasteiger charge is -2.28. The summed E-state index contributed by atoms with van der Waals surface area (Å²) in [5.41, 5.74) is 1.23. The van der Waals surface area contributed by atoms with Crippen LogP contribution in [0.25, 0.3) is 0 Å². The molecular formula is C21H22F3N5O3S.